The Labute approximate surface area is 157 Å². The fraction of sp³-hybridized carbons (Fsp3) is 0.714. The molecule has 26 heavy (non-hydrogen) atoms. The van der Waals surface area contributed by atoms with Gasteiger partial charge in [-0.15, -0.1) is 0 Å². The summed E-state index contributed by atoms with van der Waals surface area (Å²) in [5, 5.41) is 20.2. The predicted octanol–water partition coefficient (Wildman–Crippen LogP) is 3.34. The maximum Gasteiger partial charge on any atom is 0.305 e. The summed E-state index contributed by atoms with van der Waals surface area (Å²) in [6, 6.07) is 0. The second-order valence-electron chi connectivity index (χ2n) is 7.05. The number of esters is 1. The summed E-state index contributed by atoms with van der Waals surface area (Å²) in [6.45, 7) is 2.12. The molecule has 5 heteroatoms. The average molecular weight is 366 g/mol. The van der Waals surface area contributed by atoms with Crippen molar-refractivity contribution in [2.24, 2.45) is 11.8 Å². The summed E-state index contributed by atoms with van der Waals surface area (Å²) in [7, 11) is 1.38. The number of allylic oxidation sites excluding steroid dienone is 2. The fourth-order valence-corrected chi connectivity index (χ4v) is 3.31. The number of unbranched alkanes of at least 4 members (excludes halogenated alkanes) is 3. The molecular formula is C21H34O5. The molecule has 1 rings (SSSR count). The number of aliphatic hydroxyl groups excluding tert-OH is 2. The number of ether oxygens (including phenoxy) is 1. The second kappa shape index (κ2) is 12.8. The number of rotatable bonds is 12. The van der Waals surface area contributed by atoms with Gasteiger partial charge in [0.1, 0.15) is 5.78 Å². The third kappa shape index (κ3) is 8.28. The maximum absolute atomic E-state index is 12.1. The number of Topliss-reactive ketones (excluding diaryl/α,β-unsaturated/α-hetero) is 1. The van der Waals surface area contributed by atoms with Crippen LogP contribution in [0.25, 0.3) is 0 Å². The summed E-state index contributed by atoms with van der Waals surface area (Å²) in [5.74, 6) is -0.606. The van der Waals surface area contributed by atoms with Gasteiger partial charge >= 0.3 is 5.97 Å². The van der Waals surface area contributed by atoms with Gasteiger partial charge in [-0.25, -0.2) is 0 Å². The van der Waals surface area contributed by atoms with Gasteiger partial charge in [0, 0.05) is 24.7 Å². The van der Waals surface area contributed by atoms with E-state index < -0.39 is 12.2 Å². The number of hydrogen-bond donors (Lipinski definition) is 2. The topological polar surface area (TPSA) is 83.8 Å². The number of carbonyl (C=O) groups is 2. The number of ketones is 1. The molecule has 0 spiro atoms. The first-order chi connectivity index (χ1) is 12.5. The van der Waals surface area contributed by atoms with Crippen LogP contribution in [0.5, 0.6) is 0 Å². The molecule has 5 nitrogen and oxygen atoms in total. The average Bonchev–Trinajstić information content (AvgIpc) is 2.89. The van der Waals surface area contributed by atoms with Crippen LogP contribution >= 0.6 is 0 Å². The molecule has 1 saturated carbocycles. The van der Waals surface area contributed by atoms with Crippen molar-refractivity contribution in [1.29, 1.82) is 0 Å². The van der Waals surface area contributed by atoms with Crippen LogP contribution in [0.1, 0.15) is 64.7 Å². The number of carbonyl (C=O) groups excluding carboxylic acids is 2. The summed E-state index contributed by atoms with van der Waals surface area (Å²) in [6.07, 6.45) is 12.8. The number of hydrogen-bond acceptors (Lipinski definition) is 5. The highest BCUT2D eigenvalue weighted by atomic mass is 16.5. The van der Waals surface area contributed by atoms with E-state index in [-0.39, 0.29) is 30.0 Å². The molecule has 0 heterocycles. The van der Waals surface area contributed by atoms with E-state index in [1.54, 1.807) is 6.08 Å². The van der Waals surface area contributed by atoms with Crippen LogP contribution < -0.4 is 0 Å². The molecule has 0 saturated heterocycles. The molecule has 0 bridgehead atoms. The van der Waals surface area contributed by atoms with Crippen molar-refractivity contribution in [2.75, 3.05) is 7.11 Å². The minimum atomic E-state index is -0.667. The summed E-state index contributed by atoms with van der Waals surface area (Å²) in [4.78, 5) is 23.2. The van der Waals surface area contributed by atoms with Crippen molar-refractivity contribution < 1.29 is 24.5 Å². The maximum atomic E-state index is 12.1. The Morgan fingerprint density at radius 1 is 1.31 bits per heavy atom. The molecule has 148 valence electrons. The molecule has 0 aromatic carbocycles. The lowest BCUT2D eigenvalue weighted by Gasteiger charge is -2.16. The first-order valence-electron chi connectivity index (χ1n) is 9.78. The van der Waals surface area contributed by atoms with Gasteiger partial charge in [0.05, 0.1) is 19.3 Å². The van der Waals surface area contributed by atoms with Gasteiger partial charge in [0.15, 0.2) is 0 Å². The minimum Gasteiger partial charge on any atom is -0.469 e. The van der Waals surface area contributed by atoms with E-state index in [0.29, 0.717) is 19.3 Å². The smallest absolute Gasteiger partial charge is 0.305 e. The Morgan fingerprint density at radius 2 is 2.08 bits per heavy atom. The van der Waals surface area contributed by atoms with Gasteiger partial charge in [0.2, 0.25) is 0 Å². The molecule has 2 N–H and O–H groups in total. The Hall–Kier alpha value is -1.46. The molecule has 1 fully saturated rings. The van der Waals surface area contributed by atoms with Crippen LogP contribution in [0.15, 0.2) is 24.3 Å². The highest BCUT2D eigenvalue weighted by Gasteiger charge is 2.39. The molecule has 4 atom stereocenters. The molecule has 1 unspecified atom stereocenters. The summed E-state index contributed by atoms with van der Waals surface area (Å²) < 4.78 is 4.59. The lowest BCUT2D eigenvalue weighted by Crippen LogP contribution is -2.18. The minimum absolute atomic E-state index is 0.0758. The normalized spacial score (nSPS) is 24.6. The van der Waals surface area contributed by atoms with Crippen molar-refractivity contribution in [1.82, 2.24) is 0 Å². The van der Waals surface area contributed by atoms with E-state index in [0.717, 1.165) is 32.1 Å². The zero-order valence-corrected chi connectivity index (χ0v) is 16.1. The zero-order chi connectivity index (χ0) is 19.4. The van der Waals surface area contributed by atoms with Crippen LogP contribution in [0, 0.1) is 11.8 Å². The van der Waals surface area contributed by atoms with Gasteiger partial charge in [-0.05, 0) is 25.7 Å². The fourth-order valence-electron chi connectivity index (χ4n) is 3.31. The van der Waals surface area contributed by atoms with Crippen LogP contribution in [-0.2, 0) is 14.3 Å². The van der Waals surface area contributed by atoms with E-state index in [4.69, 9.17) is 0 Å². The van der Waals surface area contributed by atoms with Crippen LogP contribution in [0.3, 0.4) is 0 Å². The standard InChI is InChI=1S/C21H34O5/c1-3-4-7-10-16(22)13-14-18-17(19(23)15-20(18)24)11-8-5-6-9-12-21(25)26-2/h5,8,13-14,16-18,20,22,24H,3-4,6-7,9-12,15H2,1-2H3/b8-5-,14-13+/t16-,17+,18?,20+/m0/s1. The van der Waals surface area contributed by atoms with E-state index >= 15 is 0 Å². The Bertz CT molecular complexity index is 483. The van der Waals surface area contributed by atoms with Gasteiger partial charge in [-0.1, -0.05) is 50.5 Å². The second-order valence-corrected chi connectivity index (χ2v) is 7.05. The van der Waals surface area contributed by atoms with E-state index in [9.17, 15) is 19.8 Å². The van der Waals surface area contributed by atoms with E-state index in [2.05, 4.69) is 11.7 Å². The first kappa shape index (κ1) is 22.6. The van der Waals surface area contributed by atoms with E-state index in [1.807, 2.05) is 18.2 Å². The quantitative estimate of drug-likeness (QED) is 0.314. The monoisotopic (exact) mass is 366 g/mol. The molecule has 0 aromatic rings. The van der Waals surface area contributed by atoms with Crippen molar-refractivity contribution in [2.45, 2.75) is 76.9 Å². The van der Waals surface area contributed by atoms with Crippen LogP contribution in [0.2, 0.25) is 0 Å². The zero-order valence-electron chi connectivity index (χ0n) is 16.1. The SMILES string of the molecule is CCCCC[C@H](O)/C=C/C1[C@H](O)CC(=O)[C@@H]1C/C=C\CCCC(=O)OC. The largest absolute Gasteiger partial charge is 0.469 e. The predicted molar refractivity (Wildman–Crippen MR) is 102 cm³/mol. The molecule has 0 aliphatic heterocycles. The summed E-state index contributed by atoms with van der Waals surface area (Å²) >= 11 is 0. The Balaban J connectivity index is 2.46. The van der Waals surface area contributed by atoms with Gasteiger partial charge < -0.3 is 14.9 Å². The molecule has 1 aliphatic rings. The molecular weight excluding hydrogens is 332 g/mol. The highest BCUT2D eigenvalue weighted by Crippen LogP contribution is 2.33. The van der Waals surface area contributed by atoms with Gasteiger partial charge in [-0.2, -0.15) is 0 Å². The van der Waals surface area contributed by atoms with Crippen LogP contribution in [-0.4, -0.2) is 41.3 Å². The lowest BCUT2D eigenvalue weighted by molar-refractivity contribution is -0.140. The first-order valence-corrected chi connectivity index (χ1v) is 9.78. The number of aliphatic hydroxyl groups is 2. The van der Waals surface area contributed by atoms with Crippen LogP contribution in [0.4, 0.5) is 0 Å². The van der Waals surface area contributed by atoms with Crippen molar-refractivity contribution in [3.63, 3.8) is 0 Å². The third-order valence-electron chi connectivity index (χ3n) is 4.93. The van der Waals surface area contributed by atoms with Crippen molar-refractivity contribution in [3.8, 4) is 0 Å². The third-order valence-corrected chi connectivity index (χ3v) is 4.93. The van der Waals surface area contributed by atoms with Gasteiger partial charge in [-0.3, -0.25) is 9.59 Å². The Kier molecular flexibility index (Phi) is 11.1. The van der Waals surface area contributed by atoms with Gasteiger partial charge in [0.25, 0.3) is 0 Å². The highest BCUT2D eigenvalue weighted by molar-refractivity contribution is 5.84. The molecule has 1 aliphatic carbocycles. The molecule has 0 aromatic heterocycles. The summed E-state index contributed by atoms with van der Waals surface area (Å²) in [5.41, 5.74) is 0. The number of methoxy groups -OCH3 is 1. The lowest BCUT2D eigenvalue weighted by atomic mass is 9.90. The molecule has 0 amide bonds. The van der Waals surface area contributed by atoms with E-state index in [1.165, 1.54) is 7.11 Å². The van der Waals surface area contributed by atoms with Crippen molar-refractivity contribution in [3.05, 3.63) is 24.3 Å². The van der Waals surface area contributed by atoms with Crippen molar-refractivity contribution >= 4 is 11.8 Å². The molecule has 0 radical (unpaired) electrons. The Morgan fingerprint density at radius 3 is 2.77 bits per heavy atom.